The standard InChI is InChI=1S/C15H15ClN4O/c1-10-17-6-5-11(18-10)9-20-14-7-12(21-2)3-4-13(14)19-15(20)8-16/h3-7H,8-9H2,1-2H3. The van der Waals surface area contributed by atoms with Gasteiger partial charge in [-0.25, -0.2) is 15.0 Å². The molecule has 0 radical (unpaired) electrons. The van der Waals surface area contributed by atoms with Gasteiger partial charge in [-0.1, -0.05) is 0 Å². The summed E-state index contributed by atoms with van der Waals surface area (Å²) in [6.07, 6.45) is 1.76. The summed E-state index contributed by atoms with van der Waals surface area (Å²) in [5.41, 5.74) is 2.81. The predicted octanol–water partition coefficient (Wildman–Crippen LogP) is 2.93. The smallest absolute Gasteiger partial charge is 0.125 e. The summed E-state index contributed by atoms with van der Waals surface area (Å²) in [6.45, 7) is 2.48. The third-order valence-electron chi connectivity index (χ3n) is 3.31. The first-order valence-corrected chi connectivity index (χ1v) is 7.12. The van der Waals surface area contributed by atoms with Crippen LogP contribution in [0.3, 0.4) is 0 Å². The molecular weight excluding hydrogens is 288 g/mol. The normalized spacial score (nSPS) is 11.0. The van der Waals surface area contributed by atoms with Crippen molar-refractivity contribution in [2.45, 2.75) is 19.3 Å². The Hall–Kier alpha value is -2.14. The van der Waals surface area contributed by atoms with Crippen LogP contribution in [0.4, 0.5) is 0 Å². The molecule has 21 heavy (non-hydrogen) atoms. The molecule has 0 N–H and O–H groups in total. The summed E-state index contributed by atoms with van der Waals surface area (Å²) in [6, 6.07) is 7.70. The third-order valence-corrected chi connectivity index (χ3v) is 3.55. The Morgan fingerprint density at radius 3 is 2.81 bits per heavy atom. The van der Waals surface area contributed by atoms with Gasteiger partial charge in [-0.2, -0.15) is 0 Å². The molecule has 0 spiro atoms. The Labute approximate surface area is 127 Å². The zero-order chi connectivity index (χ0) is 14.8. The Balaban J connectivity index is 2.10. The molecule has 6 heteroatoms. The molecule has 0 saturated heterocycles. The minimum absolute atomic E-state index is 0.348. The van der Waals surface area contributed by atoms with Crippen molar-refractivity contribution in [1.29, 1.82) is 0 Å². The van der Waals surface area contributed by atoms with Crippen LogP contribution in [0, 0.1) is 6.92 Å². The zero-order valence-electron chi connectivity index (χ0n) is 11.9. The molecule has 0 amide bonds. The molecule has 0 fully saturated rings. The molecule has 0 aliphatic heterocycles. The quantitative estimate of drug-likeness (QED) is 0.695. The average molecular weight is 303 g/mol. The topological polar surface area (TPSA) is 52.8 Å². The summed E-state index contributed by atoms with van der Waals surface area (Å²) in [7, 11) is 1.65. The molecule has 0 atom stereocenters. The average Bonchev–Trinajstić information content (AvgIpc) is 2.84. The number of aryl methyl sites for hydroxylation is 1. The van der Waals surface area contributed by atoms with Crippen LogP contribution in [0.15, 0.2) is 30.5 Å². The second-order valence-electron chi connectivity index (χ2n) is 4.70. The number of ether oxygens (including phenoxy) is 1. The fourth-order valence-corrected chi connectivity index (χ4v) is 2.52. The lowest BCUT2D eigenvalue weighted by atomic mass is 10.3. The number of methoxy groups -OCH3 is 1. The fourth-order valence-electron chi connectivity index (χ4n) is 2.31. The second-order valence-corrected chi connectivity index (χ2v) is 4.96. The van der Waals surface area contributed by atoms with Crippen LogP contribution in [0.5, 0.6) is 5.75 Å². The molecule has 108 valence electrons. The van der Waals surface area contributed by atoms with E-state index in [4.69, 9.17) is 16.3 Å². The van der Waals surface area contributed by atoms with E-state index in [0.29, 0.717) is 12.4 Å². The van der Waals surface area contributed by atoms with Crippen LogP contribution in [0.1, 0.15) is 17.3 Å². The highest BCUT2D eigenvalue weighted by Crippen LogP contribution is 2.23. The number of halogens is 1. The van der Waals surface area contributed by atoms with Crippen LogP contribution in [0.2, 0.25) is 0 Å². The van der Waals surface area contributed by atoms with Gasteiger partial charge in [0.15, 0.2) is 0 Å². The first-order chi connectivity index (χ1) is 10.2. The van der Waals surface area contributed by atoms with Gasteiger partial charge in [0.2, 0.25) is 0 Å². The van der Waals surface area contributed by atoms with E-state index in [1.807, 2.05) is 31.2 Å². The number of alkyl halides is 1. The molecular formula is C15H15ClN4O. The number of hydrogen-bond acceptors (Lipinski definition) is 4. The van der Waals surface area contributed by atoms with Crippen molar-refractivity contribution in [3.63, 3.8) is 0 Å². The summed E-state index contributed by atoms with van der Waals surface area (Å²) < 4.78 is 7.35. The molecule has 2 aromatic heterocycles. The molecule has 1 aromatic carbocycles. The van der Waals surface area contributed by atoms with Gasteiger partial charge in [-0.3, -0.25) is 0 Å². The Morgan fingerprint density at radius 2 is 2.10 bits per heavy atom. The van der Waals surface area contributed by atoms with Crippen molar-refractivity contribution in [3.05, 3.63) is 47.8 Å². The van der Waals surface area contributed by atoms with Crippen molar-refractivity contribution in [1.82, 2.24) is 19.5 Å². The number of aromatic nitrogens is 4. The third kappa shape index (κ3) is 2.69. The highest BCUT2D eigenvalue weighted by atomic mass is 35.5. The van der Waals surface area contributed by atoms with Crippen molar-refractivity contribution in [2.75, 3.05) is 7.11 Å². The highest BCUT2D eigenvalue weighted by molar-refractivity contribution is 6.16. The predicted molar refractivity (Wildman–Crippen MR) is 81.7 cm³/mol. The van der Waals surface area contributed by atoms with Crippen LogP contribution in [-0.4, -0.2) is 26.6 Å². The molecule has 0 aliphatic rings. The largest absolute Gasteiger partial charge is 0.497 e. The van der Waals surface area contributed by atoms with E-state index < -0.39 is 0 Å². The molecule has 3 rings (SSSR count). The van der Waals surface area contributed by atoms with Gasteiger partial charge in [-0.05, 0) is 25.1 Å². The monoisotopic (exact) mass is 302 g/mol. The summed E-state index contributed by atoms with van der Waals surface area (Å²) in [5, 5.41) is 0. The lowest BCUT2D eigenvalue weighted by Crippen LogP contribution is -2.06. The maximum atomic E-state index is 6.03. The maximum Gasteiger partial charge on any atom is 0.125 e. The Morgan fingerprint density at radius 1 is 1.24 bits per heavy atom. The van der Waals surface area contributed by atoms with Crippen molar-refractivity contribution in [3.8, 4) is 5.75 Å². The van der Waals surface area contributed by atoms with E-state index in [-0.39, 0.29) is 0 Å². The number of hydrogen-bond donors (Lipinski definition) is 0. The summed E-state index contributed by atoms with van der Waals surface area (Å²) in [5.74, 6) is 2.71. The number of benzene rings is 1. The molecule has 3 aromatic rings. The number of fused-ring (bicyclic) bond motifs is 1. The van der Waals surface area contributed by atoms with E-state index in [0.717, 1.165) is 34.1 Å². The lowest BCUT2D eigenvalue weighted by Gasteiger charge is -2.08. The minimum atomic E-state index is 0.348. The van der Waals surface area contributed by atoms with Gasteiger partial charge < -0.3 is 9.30 Å². The molecule has 5 nitrogen and oxygen atoms in total. The van der Waals surface area contributed by atoms with Crippen LogP contribution >= 0.6 is 11.6 Å². The number of imidazole rings is 1. The van der Waals surface area contributed by atoms with Crippen molar-refractivity contribution >= 4 is 22.6 Å². The lowest BCUT2D eigenvalue weighted by molar-refractivity contribution is 0.415. The van der Waals surface area contributed by atoms with E-state index in [1.54, 1.807) is 13.3 Å². The Kier molecular flexibility index (Phi) is 3.75. The van der Waals surface area contributed by atoms with Crippen LogP contribution in [0.25, 0.3) is 11.0 Å². The van der Waals surface area contributed by atoms with Gasteiger partial charge in [0, 0.05) is 12.3 Å². The summed E-state index contributed by atoms with van der Waals surface area (Å²) >= 11 is 6.03. The molecule has 0 saturated carbocycles. The molecule has 0 aliphatic carbocycles. The highest BCUT2D eigenvalue weighted by Gasteiger charge is 2.12. The van der Waals surface area contributed by atoms with Gasteiger partial charge in [0.1, 0.15) is 17.4 Å². The van der Waals surface area contributed by atoms with Crippen molar-refractivity contribution in [2.24, 2.45) is 0 Å². The second kappa shape index (κ2) is 5.69. The van der Waals surface area contributed by atoms with Gasteiger partial charge >= 0.3 is 0 Å². The zero-order valence-corrected chi connectivity index (χ0v) is 12.6. The van der Waals surface area contributed by atoms with E-state index in [1.165, 1.54) is 0 Å². The van der Waals surface area contributed by atoms with Gasteiger partial charge in [-0.15, -0.1) is 11.6 Å². The van der Waals surface area contributed by atoms with Crippen molar-refractivity contribution < 1.29 is 4.74 Å². The van der Waals surface area contributed by atoms with Gasteiger partial charge in [0.05, 0.1) is 36.3 Å². The molecule has 0 unspecified atom stereocenters. The summed E-state index contributed by atoms with van der Waals surface area (Å²) in [4.78, 5) is 13.1. The minimum Gasteiger partial charge on any atom is -0.497 e. The fraction of sp³-hybridized carbons (Fsp3) is 0.267. The van der Waals surface area contributed by atoms with Crippen LogP contribution < -0.4 is 4.74 Å². The SMILES string of the molecule is COc1ccc2nc(CCl)n(Cc3ccnc(C)n3)c2c1. The molecule has 2 heterocycles. The van der Waals surface area contributed by atoms with Crippen LogP contribution in [-0.2, 0) is 12.4 Å². The number of rotatable bonds is 4. The Bertz CT molecular complexity index is 784. The number of nitrogens with zero attached hydrogens (tertiary/aromatic N) is 4. The molecule has 0 bridgehead atoms. The van der Waals surface area contributed by atoms with Gasteiger partial charge in [0.25, 0.3) is 0 Å². The van der Waals surface area contributed by atoms with E-state index in [2.05, 4.69) is 19.5 Å². The first kappa shape index (κ1) is 13.8. The first-order valence-electron chi connectivity index (χ1n) is 6.59. The van der Waals surface area contributed by atoms with E-state index in [9.17, 15) is 0 Å². The maximum absolute atomic E-state index is 6.03. The van der Waals surface area contributed by atoms with E-state index >= 15 is 0 Å².